The summed E-state index contributed by atoms with van der Waals surface area (Å²) >= 11 is 5.88. The van der Waals surface area contributed by atoms with E-state index in [9.17, 15) is 0 Å². The van der Waals surface area contributed by atoms with Gasteiger partial charge in [-0.25, -0.2) is 0 Å². The second kappa shape index (κ2) is 5.65. The highest BCUT2D eigenvalue weighted by Crippen LogP contribution is 2.13. The van der Waals surface area contributed by atoms with Crippen LogP contribution in [-0.2, 0) is 0 Å². The van der Waals surface area contributed by atoms with E-state index in [1.165, 1.54) is 0 Å². The standard InChI is InChI=1S/C8H17ClN6/c1-5(6(10)11)3-14-15-4-8(2,9)7(12)13/h5H,3-4H2,1-2H3,(H3,10,11)(H3,12,13). The molecular formula is C8H17ClN6. The highest BCUT2D eigenvalue weighted by molar-refractivity contribution is 6.35. The third-order valence-electron chi connectivity index (χ3n) is 1.92. The molecule has 0 aromatic heterocycles. The van der Waals surface area contributed by atoms with Gasteiger partial charge in [0, 0.05) is 5.92 Å². The predicted molar refractivity (Wildman–Crippen MR) is 61.8 cm³/mol. The smallest absolute Gasteiger partial charge is 0.119 e. The van der Waals surface area contributed by atoms with Gasteiger partial charge in [0.25, 0.3) is 0 Å². The first-order valence-electron chi connectivity index (χ1n) is 4.48. The van der Waals surface area contributed by atoms with Crippen molar-refractivity contribution >= 4 is 23.3 Å². The van der Waals surface area contributed by atoms with Crippen molar-refractivity contribution < 1.29 is 0 Å². The van der Waals surface area contributed by atoms with Gasteiger partial charge < -0.3 is 11.5 Å². The van der Waals surface area contributed by atoms with Gasteiger partial charge in [0.2, 0.25) is 0 Å². The van der Waals surface area contributed by atoms with Crippen molar-refractivity contribution in [3.8, 4) is 0 Å². The molecule has 86 valence electrons. The Bertz CT molecular complexity index is 272. The topological polar surface area (TPSA) is 124 Å². The van der Waals surface area contributed by atoms with Gasteiger partial charge in [0.15, 0.2) is 0 Å². The Morgan fingerprint density at radius 3 is 2.33 bits per heavy atom. The molecule has 0 aromatic carbocycles. The third-order valence-corrected chi connectivity index (χ3v) is 2.24. The summed E-state index contributed by atoms with van der Waals surface area (Å²) in [7, 11) is 0. The zero-order valence-electron chi connectivity index (χ0n) is 8.92. The molecule has 0 aliphatic carbocycles. The molecule has 0 bridgehead atoms. The third kappa shape index (κ3) is 5.31. The highest BCUT2D eigenvalue weighted by Gasteiger charge is 2.24. The van der Waals surface area contributed by atoms with Crippen LogP contribution in [0.5, 0.6) is 0 Å². The molecule has 0 spiro atoms. The first-order chi connectivity index (χ1) is 6.77. The summed E-state index contributed by atoms with van der Waals surface area (Å²) in [6.45, 7) is 3.88. The first-order valence-corrected chi connectivity index (χ1v) is 4.85. The number of rotatable bonds is 6. The summed E-state index contributed by atoms with van der Waals surface area (Å²) in [5, 5.41) is 21.9. The van der Waals surface area contributed by atoms with E-state index in [0.717, 1.165) is 0 Å². The second-order valence-electron chi connectivity index (χ2n) is 3.59. The lowest BCUT2D eigenvalue weighted by molar-refractivity contribution is 0.694. The van der Waals surface area contributed by atoms with Crippen molar-refractivity contribution in [2.24, 2.45) is 27.6 Å². The minimum atomic E-state index is -0.983. The fourth-order valence-electron chi connectivity index (χ4n) is 0.547. The monoisotopic (exact) mass is 232 g/mol. The van der Waals surface area contributed by atoms with Crippen LogP contribution < -0.4 is 11.5 Å². The van der Waals surface area contributed by atoms with E-state index >= 15 is 0 Å². The lowest BCUT2D eigenvalue weighted by Gasteiger charge is -2.16. The molecule has 0 aliphatic rings. The van der Waals surface area contributed by atoms with E-state index < -0.39 is 4.87 Å². The van der Waals surface area contributed by atoms with Gasteiger partial charge in [-0.15, -0.1) is 11.6 Å². The largest absolute Gasteiger partial charge is 0.387 e. The van der Waals surface area contributed by atoms with Gasteiger partial charge in [-0.1, -0.05) is 6.92 Å². The van der Waals surface area contributed by atoms with Gasteiger partial charge in [0.1, 0.15) is 10.7 Å². The molecule has 0 aromatic rings. The van der Waals surface area contributed by atoms with Crippen LogP contribution in [0.1, 0.15) is 13.8 Å². The van der Waals surface area contributed by atoms with Crippen molar-refractivity contribution in [3.63, 3.8) is 0 Å². The summed E-state index contributed by atoms with van der Waals surface area (Å²) in [4.78, 5) is -0.983. The van der Waals surface area contributed by atoms with Gasteiger partial charge in [0.05, 0.1) is 18.9 Å². The molecule has 0 saturated heterocycles. The Morgan fingerprint density at radius 1 is 1.40 bits per heavy atom. The number of halogens is 1. The van der Waals surface area contributed by atoms with Crippen LogP contribution in [0, 0.1) is 16.7 Å². The molecule has 0 aliphatic heterocycles. The minimum Gasteiger partial charge on any atom is -0.387 e. The maximum atomic E-state index is 7.18. The van der Waals surface area contributed by atoms with E-state index in [1.54, 1.807) is 13.8 Å². The van der Waals surface area contributed by atoms with Gasteiger partial charge in [-0.2, -0.15) is 10.2 Å². The van der Waals surface area contributed by atoms with Crippen molar-refractivity contribution in [2.75, 3.05) is 13.1 Å². The van der Waals surface area contributed by atoms with E-state index in [1.807, 2.05) is 0 Å². The molecule has 7 heteroatoms. The lowest BCUT2D eigenvalue weighted by Crippen LogP contribution is -2.37. The Morgan fingerprint density at radius 2 is 1.93 bits per heavy atom. The fraction of sp³-hybridized carbons (Fsp3) is 0.750. The molecular weight excluding hydrogens is 216 g/mol. The molecule has 0 amide bonds. The lowest BCUT2D eigenvalue weighted by atomic mass is 10.1. The summed E-state index contributed by atoms with van der Waals surface area (Å²) in [6, 6.07) is 0. The minimum absolute atomic E-state index is 0.0779. The summed E-state index contributed by atoms with van der Waals surface area (Å²) < 4.78 is 0. The fourth-order valence-corrected chi connectivity index (χ4v) is 0.600. The van der Waals surface area contributed by atoms with E-state index in [2.05, 4.69) is 10.2 Å². The van der Waals surface area contributed by atoms with Gasteiger partial charge in [-0.3, -0.25) is 10.8 Å². The Balaban J connectivity index is 4.01. The maximum absolute atomic E-state index is 7.18. The van der Waals surface area contributed by atoms with Crippen molar-refractivity contribution in [1.29, 1.82) is 10.8 Å². The van der Waals surface area contributed by atoms with E-state index in [4.69, 9.17) is 33.9 Å². The molecule has 0 radical (unpaired) electrons. The Labute approximate surface area is 94.1 Å². The molecule has 15 heavy (non-hydrogen) atoms. The molecule has 0 heterocycles. The second-order valence-corrected chi connectivity index (χ2v) is 4.43. The number of amidine groups is 2. The SMILES string of the molecule is CC(CN=NCC(C)(Cl)C(=N)N)C(=N)N. The van der Waals surface area contributed by atoms with E-state index in [-0.39, 0.29) is 24.1 Å². The molecule has 2 unspecified atom stereocenters. The molecule has 6 nitrogen and oxygen atoms in total. The highest BCUT2D eigenvalue weighted by atomic mass is 35.5. The number of hydrogen-bond acceptors (Lipinski definition) is 4. The summed E-state index contributed by atoms with van der Waals surface area (Å²) in [5.41, 5.74) is 10.5. The average Bonchev–Trinajstić information content (AvgIpc) is 2.11. The number of azo groups is 1. The average molecular weight is 233 g/mol. The van der Waals surface area contributed by atoms with Crippen LogP contribution in [0.4, 0.5) is 0 Å². The Hall–Kier alpha value is -1.17. The number of nitrogens with two attached hydrogens (primary N) is 2. The number of nitrogens with one attached hydrogen (secondary N) is 2. The van der Waals surface area contributed by atoms with Crippen molar-refractivity contribution in [2.45, 2.75) is 18.7 Å². The molecule has 0 rings (SSSR count). The van der Waals surface area contributed by atoms with Crippen molar-refractivity contribution in [1.82, 2.24) is 0 Å². The van der Waals surface area contributed by atoms with Crippen LogP contribution in [0.15, 0.2) is 10.2 Å². The van der Waals surface area contributed by atoms with Crippen LogP contribution >= 0.6 is 11.6 Å². The van der Waals surface area contributed by atoms with Crippen molar-refractivity contribution in [3.05, 3.63) is 0 Å². The number of alkyl halides is 1. The van der Waals surface area contributed by atoms with Crippen LogP contribution in [0.25, 0.3) is 0 Å². The summed E-state index contributed by atoms with van der Waals surface area (Å²) in [6.07, 6.45) is 0. The zero-order chi connectivity index (χ0) is 12.1. The first kappa shape index (κ1) is 13.8. The maximum Gasteiger partial charge on any atom is 0.119 e. The van der Waals surface area contributed by atoms with Gasteiger partial charge >= 0.3 is 0 Å². The molecule has 2 atom stereocenters. The van der Waals surface area contributed by atoms with Crippen LogP contribution in [0.2, 0.25) is 0 Å². The van der Waals surface area contributed by atoms with Crippen LogP contribution in [-0.4, -0.2) is 29.6 Å². The van der Waals surface area contributed by atoms with Crippen LogP contribution in [0.3, 0.4) is 0 Å². The Kier molecular flexibility index (Phi) is 5.21. The zero-order valence-corrected chi connectivity index (χ0v) is 9.67. The molecule has 6 N–H and O–H groups in total. The predicted octanol–water partition coefficient (Wildman–Crippen LogP) is 0.944. The normalized spacial score (nSPS) is 17.3. The molecule has 0 fully saturated rings. The summed E-state index contributed by atoms with van der Waals surface area (Å²) in [5.74, 6) is -0.190. The number of nitrogens with zero attached hydrogens (tertiary/aromatic N) is 2. The number of hydrogen-bond donors (Lipinski definition) is 4. The van der Waals surface area contributed by atoms with Gasteiger partial charge in [-0.05, 0) is 6.92 Å². The quantitative estimate of drug-likeness (QED) is 0.236. The molecule has 0 saturated carbocycles. The van der Waals surface area contributed by atoms with E-state index in [0.29, 0.717) is 6.54 Å².